The molecular weight excluding hydrogens is 688 g/mol. The van der Waals surface area contributed by atoms with Gasteiger partial charge in [0.1, 0.15) is 31.0 Å². The van der Waals surface area contributed by atoms with Gasteiger partial charge in [-0.2, -0.15) is 0 Å². The first kappa shape index (κ1) is 49.4. The third-order valence-corrected chi connectivity index (χ3v) is 9.13. The van der Waals surface area contributed by atoms with Crippen molar-refractivity contribution in [3.8, 4) is 0 Å². The van der Waals surface area contributed by atoms with Gasteiger partial charge >= 0.3 is 11.9 Å². The van der Waals surface area contributed by atoms with Gasteiger partial charge < -0.3 is 39.4 Å². The van der Waals surface area contributed by atoms with Gasteiger partial charge in [-0.1, -0.05) is 120 Å². The van der Waals surface area contributed by atoms with Crippen molar-refractivity contribution >= 4 is 11.9 Å². The second kappa shape index (κ2) is 34.9. The molecule has 6 atom stereocenters. The zero-order valence-electron chi connectivity index (χ0n) is 33.4. The average Bonchev–Trinajstić information content (AvgIpc) is 3.17. The Hall–Kier alpha value is -2.60. The number of rotatable bonds is 33. The van der Waals surface area contributed by atoms with Gasteiger partial charge in [0, 0.05) is 12.8 Å². The van der Waals surface area contributed by atoms with E-state index in [9.17, 15) is 30.0 Å². The molecule has 0 saturated carbocycles. The fourth-order valence-corrected chi connectivity index (χ4v) is 5.76. The lowest BCUT2D eigenvalue weighted by Gasteiger charge is -2.39. The molecule has 0 aliphatic carbocycles. The van der Waals surface area contributed by atoms with E-state index in [0.29, 0.717) is 19.3 Å². The minimum absolute atomic E-state index is 0.150. The van der Waals surface area contributed by atoms with Gasteiger partial charge in [0.25, 0.3) is 0 Å². The molecule has 4 N–H and O–H groups in total. The second-order valence-corrected chi connectivity index (χ2v) is 14.1. The number of allylic oxidation sites excluding steroid dienone is 10. The number of esters is 2. The van der Waals surface area contributed by atoms with Crippen LogP contribution in [0.2, 0.25) is 0 Å². The van der Waals surface area contributed by atoms with E-state index in [0.717, 1.165) is 64.2 Å². The average molecular weight is 763 g/mol. The van der Waals surface area contributed by atoms with E-state index >= 15 is 0 Å². The summed E-state index contributed by atoms with van der Waals surface area (Å²) in [6.45, 7) is 3.28. The quantitative estimate of drug-likeness (QED) is 0.0292. The Morgan fingerprint density at radius 2 is 1.06 bits per heavy atom. The van der Waals surface area contributed by atoms with Crippen molar-refractivity contribution in [2.75, 3.05) is 19.8 Å². The van der Waals surface area contributed by atoms with Crippen LogP contribution in [0, 0.1) is 0 Å². The van der Waals surface area contributed by atoms with Crippen LogP contribution in [-0.4, -0.2) is 89.0 Å². The van der Waals surface area contributed by atoms with Crippen LogP contribution < -0.4 is 0 Å². The van der Waals surface area contributed by atoms with Gasteiger partial charge in [-0.15, -0.1) is 0 Å². The Balaban J connectivity index is 2.43. The van der Waals surface area contributed by atoms with Crippen molar-refractivity contribution in [2.45, 2.75) is 185 Å². The van der Waals surface area contributed by atoms with Crippen LogP contribution in [0.25, 0.3) is 0 Å². The second-order valence-electron chi connectivity index (χ2n) is 14.1. The van der Waals surface area contributed by atoms with Crippen molar-refractivity contribution in [3.63, 3.8) is 0 Å². The highest BCUT2D eigenvalue weighted by Gasteiger charge is 2.44. The molecule has 0 bridgehead atoms. The Kier molecular flexibility index (Phi) is 31.9. The van der Waals surface area contributed by atoms with Gasteiger partial charge in [-0.3, -0.25) is 9.59 Å². The van der Waals surface area contributed by atoms with Crippen LogP contribution in [0.5, 0.6) is 0 Å². The summed E-state index contributed by atoms with van der Waals surface area (Å²) in [6, 6.07) is 0. The lowest BCUT2D eigenvalue weighted by atomic mass is 9.99. The van der Waals surface area contributed by atoms with Crippen molar-refractivity contribution in [1.82, 2.24) is 0 Å². The maximum Gasteiger partial charge on any atom is 0.306 e. The molecule has 0 spiro atoms. The lowest BCUT2D eigenvalue weighted by Crippen LogP contribution is -2.59. The van der Waals surface area contributed by atoms with E-state index in [-0.39, 0.29) is 26.1 Å². The number of ether oxygens (including phenoxy) is 4. The van der Waals surface area contributed by atoms with Gasteiger partial charge in [-0.05, 0) is 77.0 Å². The van der Waals surface area contributed by atoms with E-state index in [1.807, 2.05) is 6.08 Å². The normalized spacial score (nSPS) is 21.3. The van der Waals surface area contributed by atoms with E-state index in [2.05, 4.69) is 68.5 Å². The number of hydrogen-bond donors (Lipinski definition) is 4. The van der Waals surface area contributed by atoms with Gasteiger partial charge in [0.2, 0.25) is 0 Å². The van der Waals surface area contributed by atoms with E-state index < -0.39 is 55.4 Å². The maximum atomic E-state index is 12.7. The van der Waals surface area contributed by atoms with Crippen LogP contribution in [0.1, 0.15) is 149 Å². The predicted molar refractivity (Wildman–Crippen MR) is 215 cm³/mol. The van der Waals surface area contributed by atoms with Crippen molar-refractivity contribution in [1.29, 1.82) is 0 Å². The maximum absolute atomic E-state index is 12.7. The molecule has 0 radical (unpaired) electrons. The molecule has 310 valence electrons. The highest BCUT2D eigenvalue weighted by atomic mass is 16.7. The molecule has 1 rings (SSSR count). The first-order valence-corrected chi connectivity index (χ1v) is 20.9. The SMILES string of the molecule is CCCCC/C=C/C/C=C/C/C=C/C/C=C/CCCC(=O)O[C@H](COC(=O)CCCCCCC/C=C/CCCCC)CO[C@@H]1O[C@H](CO)[C@H](O)C(O)C1O. The third kappa shape index (κ3) is 26.2. The summed E-state index contributed by atoms with van der Waals surface area (Å²) in [4.78, 5) is 25.2. The molecule has 1 fully saturated rings. The monoisotopic (exact) mass is 763 g/mol. The molecule has 10 nitrogen and oxygen atoms in total. The Labute approximate surface area is 326 Å². The fraction of sp³-hybridized carbons (Fsp3) is 0.727. The van der Waals surface area contributed by atoms with E-state index in [1.165, 1.54) is 38.5 Å². The number of aliphatic hydroxyl groups is 4. The van der Waals surface area contributed by atoms with Gasteiger partial charge in [0.05, 0.1) is 13.2 Å². The standard InChI is InChI=1S/C44H74O10/c1-3-5-7-9-11-13-15-17-18-19-20-21-23-25-27-29-31-33-40(47)53-37(36-52-44-43(50)42(49)41(48)38(34-45)54-44)35-51-39(46)32-30-28-26-24-22-16-14-12-10-8-6-4-2/h11-14,17-18,20-21,25,27,37-38,41-45,48-50H,3-10,15-16,19,22-24,26,28-36H2,1-2H3/b13-11+,14-12+,18-17+,21-20+,27-25+/t37-,38-,41+,42?,43?,44-/m1/s1. The highest BCUT2D eigenvalue weighted by Crippen LogP contribution is 2.22. The molecule has 0 aromatic heterocycles. The molecule has 0 amide bonds. The minimum Gasteiger partial charge on any atom is -0.462 e. The molecule has 54 heavy (non-hydrogen) atoms. The third-order valence-electron chi connectivity index (χ3n) is 9.13. The van der Waals surface area contributed by atoms with Crippen LogP contribution in [0.15, 0.2) is 60.8 Å². The van der Waals surface area contributed by atoms with Crippen LogP contribution >= 0.6 is 0 Å². The summed E-state index contributed by atoms with van der Waals surface area (Å²) >= 11 is 0. The smallest absolute Gasteiger partial charge is 0.306 e. The van der Waals surface area contributed by atoms with Gasteiger partial charge in [-0.25, -0.2) is 0 Å². The Morgan fingerprint density at radius 3 is 1.63 bits per heavy atom. The lowest BCUT2D eigenvalue weighted by molar-refractivity contribution is -0.305. The predicted octanol–water partition coefficient (Wildman–Crippen LogP) is 8.27. The summed E-state index contributed by atoms with van der Waals surface area (Å²) in [5.74, 6) is -0.889. The zero-order chi connectivity index (χ0) is 39.5. The summed E-state index contributed by atoms with van der Waals surface area (Å²) < 4.78 is 22.0. The number of unbranched alkanes of at least 4 members (excludes halogenated alkanes) is 12. The molecule has 10 heteroatoms. The molecule has 0 aromatic carbocycles. The molecule has 1 aliphatic heterocycles. The Bertz CT molecular complexity index is 1070. The van der Waals surface area contributed by atoms with E-state index in [1.54, 1.807) is 0 Å². The van der Waals surface area contributed by atoms with Gasteiger partial charge in [0.15, 0.2) is 12.4 Å². The molecule has 1 heterocycles. The number of hydrogen-bond acceptors (Lipinski definition) is 10. The summed E-state index contributed by atoms with van der Waals surface area (Å²) in [6.07, 6.45) is 33.8. The summed E-state index contributed by atoms with van der Waals surface area (Å²) in [5.41, 5.74) is 0. The number of aliphatic hydroxyl groups excluding tert-OH is 4. The molecular formula is C44H74O10. The summed E-state index contributed by atoms with van der Waals surface area (Å²) in [7, 11) is 0. The first-order valence-electron chi connectivity index (χ1n) is 20.9. The van der Waals surface area contributed by atoms with Crippen LogP contribution in [0.4, 0.5) is 0 Å². The molecule has 1 saturated heterocycles. The highest BCUT2D eigenvalue weighted by molar-refractivity contribution is 5.70. The minimum atomic E-state index is -1.61. The van der Waals surface area contributed by atoms with Crippen molar-refractivity contribution < 1.29 is 49.0 Å². The Morgan fingerprint density at radius 1 is 0.574 bits per heavy atom. The number of carbonyl (C=O) groups excluding carboxylic acids is 2. The topological polar surface area (TPSA) is 152 Å². The summed E-state index contributed by atoms with van der Waals surface area (Å²) in [5, 5.41) is 40.0. The fourth-order valence-electron chi connectivity index (χ4n) is 5.76. The van der Waals surface area contributed by atoms with Crippen molar-refractivity contribution in [2.24, 2.45) is 0 Å². The zero-order valence-corrected chi connectivity index (χ0v) is 33.4. The van der Waals surface area contributed by atoms with E-state index in [4.69, 9.17) is 18.9 Å². The molecule has 0 aromatic rings. The largest absolute Gasteiger partial charge is 0.462 e. The van der Waals surface area contributed by atoms with Crippen LogP contribution in [-0.2, 0) is 28.5 Å². The van der Waals surface area contributed by atoms with Crippen LogP contribution in [0.3, 0.4) is 0 Å². The molecule has 1 aliphatic rings. The number of carbonyl (C=O) groups is 2. The molecule has 2 unspecified atom stereocenters. The van der Waals surface area contributed by atoms with Crippen molar-refractivity contribution in [3.05, 3.63) is 60.8 Å². The first-order chi connectivity index (χ1) is 26.3.